The van der Waals surface area contributed by atoms with Gasteiger partial charge in [-0.3, -0.25) is 0 Å². The van der Waals surface area contributed by atoms with Crippen LogP contribution in [-0.4, -0.2) is 5.71 Å². The van der Waals surface area contributed by atoms with Crippen molar-refractivity contribution in [2.24, 2.45) is 5.10 Å². The summed E-state index contributed by atoms with van der Waals surface area (Å²) in [5.74, 6) is 0. The van der Waals surface area contributed by atoms with E-state index in [-0.39, 0.29) is 6.04 Å². The van der Waals surface area contributed by atoms with Crippen molar-refractivity contribution in [1.29, 1.82) is 0 Å². The van der Waals surface area contributed by atoms with Crippen molar-refractivity contribution in [1.82, 2.24) is 5.43 Å². The van der Waals surface area contributed by atoms with E-state index in [4.69, 9.17) is 11.6 Å². The fourth-order valence-corrected chi connectivity index (χ4v) is 2.88. The van der Waals surface area contributed by atoms with Gasteiger partial charge >= 0.3 is 0 Å². The zero-order valence-corrected chi connectivity index (χ0v) is 10.6. The normalized spacial score (nSPS) is 18.9. The molecule has 2 heterocycles. The predicted molar refractivity (Wildman–Crippen MR) is 72.8 cm³/mol. The quantitative estimate of drug-likeness (QED) is 0.874. The van der Waals surface area contributed by atoms with Crippen LogP contribution in [0.25, 0.3) is 0 Å². The van der Waals surface area contributed by atoms with Crippen LogP contribution in [-0.2, 0) is 0 Å². The van der Waals surface area contributed by atoms with Crippen LogP contribution in [0.2, 0.25) is 5.02 Å². The highest BCUT2D eigenvalue weighted by Crippen LogP contribution is 2.27. The lowest BCUT2D eigenvalue weighted by atomic mass is 10.0. The molecule has 0 aliphatic carbocycles. The molecule has 0 radical (unpaired) electrons. The summed E-state index contributed by atoms with van der Waals surface area (Å²) in [6.07, 6.45) is 0.918. The second kappa shape index (κ2) is 4.51. The molecule has 86 valence electrons. The Balaban J connectivity index is 1.79. The van der Waals surface area contributed by atoms with Gasteiger partial charge in [0.15, 0.2) is 0 Å². The van der Waals surface area contributed by atoms with E-state index in [0.717, 1.165) is 17.2 Å². The first-order valence-corrected chi connectivity index (χ1v) is 6.70. The van der Waals surface area contributed by atoms with Crippen LogP contribution in [0.3, 0.4) is 0 Å². The summed E-state index contributed by atoms with van der Waals surface area (Å²) in [4.78, 5) is 1.24. The van der Waals surface area contributed by atoms with Crippen molar-refractivity contribution in [2.45, 2.75) is 12.5 Å². The van der Waals surface area contributed by atoms with Gasteiger partial charge in [-0.2, -0.15) is 5.10 Å². The molecular weight excluding hydrogens is 252 g/mol. The third kappa shape index (κ3) is 2.21. The van der Waals surface area contributed by atoms with Crippen LogP contribution in [0, 0.1) is 0 Å². The summed E-state index contributed by atoms with van der Waals surface area (Å²) in [5.41, 5.74) is 5.49. The van der Waals surface area contributed by atoms with Crippen molar-refractivity contribution in [3.8, 4) is 0 Å². The van der Waals surface area contributed by atoms with E-state index in [1.54, 1.807) is 11.3 Å². The van der Waals surface area contributed by atoms with Crippen LogP contribution >= 0.6 is 22.9 Å². The molecule has 0 spiro atoms. The standard InChI is InChI=1S/C13H11ClN2S/c14-10-4-1-3-9(7-10)11-8-12(16-15-11)13-5-2-6-17-13/h1-7,11,15H,8H2. The molecule has 0 bridgehead atoms. The Morgan fingerprint density at radius 2 is 2.24 bits per heavy atom. The largest absolute Gasteiger partial charge is 0.302 e. The molecule has 1 aromatic carbocycles. The summed E-state index contributed by atoms with van der Waals surface area (Å²) in [7, 11) is 0. The van der Waals surface area contributed by atoms with Crippen molar-refractivity contribution >= 4 is 28.6 Å². The Morgan fingerprint density at radius 3 is 3.00 bits per heavy atom. The molecule has 1 aliphatic rings. The molecular formula is C13H11ClN2S. The van der Waals surface area contributed by atoms with Crippen molar-refractivity contribution in [3.05, 3.63) is 57.2 Å². The Morgan fingerprint density at radius 1 is 1.29 bits per heavy atom. The van der Waals surface area contributed by atoms with Crippen LogP contribution in [0.15, 0.2) is 46.9 Å². The lowest BCUT2D eigenvalue weighted by Gasteiger charge is -2.09. The van der Waals surface area contributed by atoms with E-state index in [9.17, 15) is 0 Å². The van der Waals surface area contributed by atoms with Crippen LogP contribution < -0.4 is 5.43 Å². The van der Waals surface area contributed by atoms with E-state index in [0.29, 0.717) is 0 Å². The maximum Gasteiger partial charge on any atom is 0.0799 e. The Kier molecular flexibility index (Phi) is 2.87. The van der Waals surface area contributed by atoms with Gasteiger partial charge in [0, 0.05) is 11.4 Å². The zero-order chi connectivity index (χ0) is 11.7. The minimum Gasteiger partial charge on any atom is -0.302 e. The minimum atomic E-state index is 0.241. The number of hydrogen-bond donors (Lipinski definition) is 1. The van der Waals surface area contributed by atoms with E-state index < -0.39 is 0 Å². The summed E-state index contributed by atoms with van der Waals surface area (Å²) in [6, 6.07) is 12.3. The number of rotatable bonds is 2. The third-order valence-corrected chi connectivity index (χ3v) is 3.96. The molecule has 1 aromatic heterocycles. The molecule has 0 saturated carbocycles. The topological polar surface area (TPSA) is 24.4 Å². The average Bonchev–Trinajstić information content (AvgIpc) is 3.00. The highest BCUT2D eigenvalue weighted by molar-refractivity contribution is 7.12. The van der Waals surface area contributed by atoms with Crippen molar-refractivity contribution in [2.75, 3.05) is 0 Å². The summed E-state index contributed by atoms with van der Waals surface area (Å²) in [5, 5.41) is 7.25. The maximum atomic E-state index is 6.00. The molecule has 1 atom stereocenters. The molecule has 0 fully saturated rings. The van der Waals surface area contributed by atoms with E-state index in [2.05, 4.69) is 34.1 Å². The number of thiophene rings is 1. The van der Waals surface area contributed by atoms with Gasteiger partial charge in [-0.05, 0) is 29.1 Å². The van der Waals surface area contributed by atoms with E-state index >= 15 is 0 Å². The summed E-state index contributed by atoms with van der Waals surface area (Å²) < 4.78 is 0. The Hall–Kier alpha value is -1.32. The number of nitrogens with one attached hydrogen (secondary N) is 1. The average molecular weight is 263 g/mol. The van der Waals surface area contributed by atoms with Gasteiger partial charge in [0.05, 0.1) is 16.6 Å². The van der Waals surface area contributed by atoms with Gasteiger partial charge in [0.2, 0.25) is 0 Å². The molecule has 1 unspecified atom stereocenters. The molecule has 1 aliphatic heterocycles. The molecule has 3 rings (SSSR count). The number of hydrazone groups is 1. The summed E-state index contributed by atoms with van der Waals surface area (Å²) >= 11 is 7.72. The minimum absolute atomic E-state index is 0.241. The first-order valence-electron chi connectivity index (χ1n) is 5.44. The molecule has 17 heavy (non-hydrogen) atoms. The zero-order valence-electron chi connectivity index (χ0n) is 9.06. The molecule has 2 nitrogen and oxygen atoms in total. The van der Waals surface area contributed by atoms with E-state index in [1.807, 2.05) is 18.2 Å². The lowest BCUT2D eigenvalue weighted by molar-refractivity contribution is 0.620. The summed E-state index contributed by atoms with van der Waals surface area (Å²) in [6.45, 7) is 0. The Labute approximate surface area is 109 Å². The SMILES string of the molecule is Clc1cccc(C2CC(c3cccs3)=NN2)c1. The highest BCUT2D eigenvalue weighted by atomic mass is 35.5. The van der Waals surface area contributed by atoms with Crippen LogP contribution in [0.4, 0.5) is 0 Å². The van der Waals surface area contributed by atoms with Crippen LogP contribution in [0.1, 0.15) is 22.9 Å². The second-order valence-corrected chi connectivity index (χ2v) is 5.36. The fraction of sp³-hybridized carbons (Fsp3) is 0.154. The smallest absolute Gasteiger partial charge is 0.0799 e. The van der Waals surface area contributed by atoms with Gasteiger partial charge < -0.3 is 5.43 Å². The van der Waals surface area contributed by atoms with Crippen molar-refractivity contribution in [3.63, 3.8) is 0 Å². The fourth-order valence-electron chi connectivity index (χ4n) is 1.95. The number of benzene rings is 1. The number of nitrogens with zero attached hydrogens (tertiary/aromatic N) is 1. The van der Waals surface area contributed by atoms with Crippen LogP contribution in [0.5, 0.6) is 0 Å². The lowest BCUT2D eigenvalue weighted by Crippen LogP contribution is -2.09. The number of hydrogen-bond acceptors (Lipinski definition) is 3. The van der Waals surface area contributed by atoms with Gasteiger partial charge in [-0.15, -0.1) is 11.3 Å². The van der Waals surface area contributed by atoms with E-state index in [1.165, 1.54) is 10.4 Å². The van der Waals surface area contributed by atoms with Crippen molar-refractivity contribution < 1.29 is 0 Å². The maximum absolute atomic E-state index is 6.00. The predicted octanol–water partition coefficient (Wildman–Crippen LogP) is 3.84. The Bertz CT molecular complexity index is 548. The van der Waals surface area contributed by atoms with Gasteiger partial charge in [0.25, 0.3) is 0 Å². The second-order valence-electron chi connectivity index (χ2n) is 3.98. The monoisotopic (exact) mass is 262 g/mol. The van der Waals surface area contributed by atoms with Gasteiger partial charge in [-0.1, -0.05) is 29.8 Å². The molecule has 1 N–H and O–H groups in total. The van der Waals surface area contributed by atoms with Gasteiger partial charge in [-0.25, -0.2) is 0 Å². The third-order valence-electron chi connectivity index (χ3n) is 2.81. The number of halogens is 1. The first-order chi connectivity index (χ1) is 8.33. The molecule has 4 heteroatoms. The first kappa shape index (κ1) is 10.8. The van der Waals surface area contributed by atoms with Gasteiger partial charge in [0.1, 0.15) is 0 Å². The molecule has 0 amide bonds. The highest BCUT2D eigenvalue weighted by Gasteiger charge is 2.21. The molecule has 2 aromatic rings. The molecule has 0 saturated heterocycles.